The van der Waals surface area contributed by atoms with E-state index in [9.17, 15) is 0 Å². The fourth-order valence-electron chi connectivity index (χ4n) is 0.794. The molecule has 0 spiro atoms. The molecule has 1 radical (unpaired) electrons. The second-order valence-electron chi connectivity index (χ2n) is 2.14. The van der Waals surface area contributed by atoms with Gasteiger partial charge in [0.1, 0.15) is 5.75 Å². The Kier molecular flexibility index (Phi) is 1.74. The van der Waals surface area contributed by atoms with Crippen LogP contribution in [0.2, 0.25) is 0 Å². The Morgan fingerprint density at radius 2 is 2.42 bits per heavy atom. The summed E-state index contributed by atoms with van der Waals surface area (Å²) < 4.78 is 5.26. The van der Waals surface area contributed by atoms with Gasteiger partial charge < -0.3 is 4.74 Å². The Hall–Kier alpha value is -1.84. The molecule has 0 unspecified atom stereocenters. The topological polar surface area (TPSA) is 50.8 Å². The first-order valence-corrected chi connectivity index (χ1v) is 3.46. The smallest absolute Gasteiger partial charge is 0.258 e. The summed E-state index contributed by atoms with van der Waals surface area (Å²) in [6.07, 6.45) is 1.57. The number of ether oxygens (including phenoxy) is 1. The number of benzene rings is 1. The van der Waals surface area contributed by atoms with Gasteiger partial charge in [-0.25, -0.2) is 0 Å². The Morgan fingerprint density at radius 3 is 3.08 bits per heavy atom. The lowest BCUT2D eigenvalue weighted by Gasteiger charge is -1.97. The van der Waals surface area contributed by atoms with Gasteiger partial charge in [0, 0.05) is 6.07 Å². The molecule has 2 rings (SSSR count). The van der Waals surface area contributed by atoms with Gasteiger partial charge >= 0.3 is 0 Å². The Morgan fingerprint density at radius 1 is 1.42 bits per heavy atom. The van der Waals surface area contributed by atoms with E-state index in [1.54, 1.807) is 18.3 Å². The van der Waals surface area contributed by atoms with Crippen LogP contribution < -0.4 is 4.74 Å². The average molecular weight is 160 g/mol. The van der Waals surface area contributed by atoms with Gasteiger partial charge in [-0.15, -0.1) is 0 Å². The molecule has 12 heavy (non-hydrogen) atoms. The molecule has 0 aliphatic rings. The molecule has 1 aromatic carbocycles. The third kappa shape index (κ3) is 1.42. The molecule has 2 aromatic rings. The first kappa shape index (κ1) is 6.84. The lowest BCUT2D eigenvalue weighted by atomic mass is 10.3. The van der Waals surface area contributed by atoms with Crippen LogP contribution in [0.15, 0.2) is 30.5 Å². The summed E-state index contributed by atoms with van der Waals surface area (Å²) in [5.41, 5.74) is 0. The summed E-state index contributed by atoms with van der Waals surface area (Å²) in [6.45, 7) is 0. The van der Waals surface area contributed by atoms with Crippen molar-refractivity contribution >= 4 is 0 Å². The molecule has 0 amide bonds. The minimum Gasteiger partial charge on any atom is -0.436 e. The Bertz CT molecular complexity index is 330. The predicted molar refractivity (Wildman–Crippen MR) is 41.7 cm³/mol. The quantitative estimate of drug-likeness (QED) is 0.722. The van der Waals surface area contributed by atoms with Gasteiger partial charge in [-0.3, -0.25) is 5.10 Å². The maximum Gasteiger partial charge on any atom is 0.258 e. The van der Waals surface area contributed by atoms with Crippen molar-refractivity contribution in [3.05, 3.63) is 36.5 Å². The van der Waals surface area contributed by atoms with Crippen LogP contribution in [0, 0.1) is 6.07 Å². The standard InChI is InChI=1S/C8H6N3O/c1-2-4-7(5-3-1)12-8-6-9-11-10-8/h1-4,6H,(H,9,10,11). The monoisotopic (exact) mass is 160 g/mol. The van der Waals surface area contributed by atoms with E-state index in [4.69, 9.17) is 4.74 Å². The summed E-state index contributed by atoms with van der Waals surface area (Å²) in [5.74, 6) is 1.07. The van der Waals surface area contributed by atoms with Gasteiger partial charge in [0.25, 0.3) is 5.88 Å². The zero-order valence-electron chi connectivity index (χ0n) is 6.19. The highest BCUT2D eigenvalue weighted by Gasteiger charge is 1.96. The molecule has 0 bridgehead atoms. The van der Waals surface area contributed by atoms with Crippen LogP contribution in [0.3, 0.4) is 0 Å². The van der Waals surface area contributed by atoms with Gasteiger partial charge in [-0.05, 0) is 6.07 Å². The lowest BCUT2D eigenvalue weighted by molar-refractivity contribution is 0.460. The number of hydrogen-bond donors (Lipinski definition) is 1. The second-order valence-corrected chi connectivity index (χ2v) is 2.14. The Balaban J connectivity index is 2.15. The van der Waals surface area contributed by atoms with Crippen LogP contribution in [-0.2, 0) is 0 Å². The normalized spacial score (nSPS) is 9.67. The second kappa shape index (κ2) is 3.04. The van der Waals surface area contributed by atoms with E-state index in [1.165, 1.54) is 0 Å². The molecule has 59 valence electrons. The fourth-order valence-corrected chi connectivity index (χ4v) is 0.794. The van der Waals surface area contributed by atoms with Crippen molar-refractivity contribution in [1.29, 1.82) is 0 Å². The van der Waals surface area contributed by atoms with E-state index in [-0.39, 0.29) is 0 Å². The van der Waals surface area contributed by atoms with E-state index in [2.05, 4.69) is 21.5 Å². The summed E-state index contributed by atoms with van der Waals surface area (Å²) in [4.78, 5) is 0. The van der Waals surface area contributed by atoms with Crippen molar-refractivity contribution in [3.63, 3.8) is 0 Å². The van der Waals surface area contributed by atoms with E-state index >= 15 is 0 Å². The molecular formula is C8H6N3O. The van der Waals surface area contributed by atoms with Crippen LogP contribution in [-0.4, -0.2) is 15.4 Å². The van der Waals surface area contributed by atoms with Gasteiger partial charge in [-0.1, -0.05) is 28.5 Å². The maximum atomic E-state index is 5.26. The van der Waals surface area contributed by atoms with Crippen LogP contribution in [0.25, 0.3) is 0 Å². The van der Waals surface area contributed by atoms with Gasteiger partial charge in [0.05, 0.1) is 6.20 Å². The highest BCUT2D eigenvalue weighted by Crippen LogP contribution is 2.15. The number of rotatable bonds is 2. The molecule has 1 N–H and O–H groups in total. The van der Waals surface area contributed by atoms with Crippen LogP contribution in [0.1, 0.15) is 0 Å². The lowest BCUT2D eigenvalue weighted by Crippen LogP contribution is -1.82. The number of aromatic nitrogens is 3. The molecule has 0 saturated carbocycles. The van der Waals surface area contributed by atoms with Crippen molar-refractivity contribution in [2.75, 3.05) is 0 Å². The third-order valence-electron chi connectivity index (χ3n) is 1.29. The molecule has 4 nitrogen and oxygen atoms in total. The number of nitrogens with one attached hydrogen (secondary N) is 1. The van der Waals surface area contributed by atoms with Crippen LogP contribution >= 0.6 is 0 Å². The van der Waals surface area contributed by atoms with E-state index < -0.39 is 0 Å². The minimum atomic E-state index is 0.442. The van der Waals surface area contributed by atoms with Gasteiger partial charge in [-0.2, -0.15) is 0 Å². The molecule has 0 aliphatic heterocycles. The minimum absolute atomic E-state index is 0.442. The molecule has 0 fully saturated rings. The van der Waals surface area contributed by atoms with E-state index in [1.807, 2.05) is 12.1 Å². The van der Waals surface area contributed by atoms with Crippen molar-refractivity contribution < 1.29 is 4.74 Å². The SMILES string of the molecule is [c]1ccccc1Oc1c[nH]nn1. The van der Waals surface area contributed by atoms with Gasteiger partial charge in [0.15, 0.2) is 0 Å². The number of H-pyrrole nitrogens is 1. The van der Waals surface area contributed by atoms with E-state index in [0.717, 1.165) is 0 Å². The molecule has 1 aromatic heterocycles. The Labute approximate surface area is 69.2 Å². The summed E-state index contributed by atoms with van der Waals surface area (Å²) in [7, 11) is 0. The van der Waals surface area contributed by atoms with Crippen molar-refractivity contribution in [2.45, 2.75) is 0 Å². The van der Waals surface area contributed by atoms with Crippen molar-refractivity contribution in [3.8, 4) is 11.6 Å². The molecule has 4 heteroatoms. The molecule has 0 saturated heterocycles. The molecule has 0 aliphatic carbocycles. The summed E-state index contributed by atoms with van der Waals surface area (Å²) in [5, 5.41) is 9.72. The van der Waals surface area contributed by atoms with Crippen LogP contribution in [0.4, 0.5) is 0 Å². The molecular weight excluding hydrogens is 154 g/mol. The first-order valence-electron chi connectivity index (χ1n) is 3.46. The molecule has 1 heterocycles. The number of hydrogen-bond acceptors (Lipinski definition) is 3. The number of nitrogens with zero attached hydrogens (tertiary/aromatic N) is 2. The molecule has 0 atom stereocenters. The van der Waals surface area contributed by atoms with Gasteiger partial charge in [0.2, 0.25) is 0 Å². The van der Waals surface area contributed by atoms with Crippen LogP contribution in [0.5, 0.6) is 11.6 Å². The summed E-state index contributed by atoms with van der Waals surface area (Å²) >= 11 is 0. The fraction of sp³-hybridized carbons (Fsp3) is 0. The van der Waals surface area contributed by atoms with Crippen molar-refractivity contribution in [2.24, 2.45) is 0 Å². The summed E-state index contributed by atoms with van der Waals surface area (Å²) in [6, 6.07) is 10.2. The zero-order chi connectivity index (χ0) is 8.23. The van der Waals surface area contributed by atoms with E-state index in [0.29, 0.717) is 11.6 Å². The largest absolute Gasteiger partial charge is 0.436 e. The maximum absolute atomic E-state index is 5.26. The first-order chi connectivity index (χ1) is 5.95. The predicted octanol–water partition coefficient (Wildman–Crippen LogP) is 1.40. The number of aromatic amines is 1. The zero-order valence-corrected chi connectivity index (χ0v) is 6.19. The average Bonchev–Trinajstić information content (AvgIpc) is 2.59. The highest BCUT2D eigenvalue weighted by molar-refractivity contribution is 5.23. The number of para-hydroxylation sites is 1. The third-order valence-corrected chi connectivity index (χ3v) is 1.29. The highest BCUT2D eigenvalue weighted by atomic mass is 16.5. The van der Waals surface area contributed by atoms with Crippen molar-refractivity contribution in [1.82, 2.24) is 15.4 Å².